The van der Waals surface area contributed by atoms with E-state index in [1.807, 2.05) is 35.7 Å². The zero-order valence-corrected chi connectivity index (χ0v) is 14.2. The molecule has 3 rings (SSSR count). The molecule has 0 radical (unpaired) electrons. The lowest BCUT2D eigenvalue weighted by Crippen LogP contribution is -2.34. The van der Waals surface area contributed by atoms with E-state index >= 15 is 0 Å². The highest BCUT2D eigenvalue weighted by molar-refractivity contribution is 7.14. The van der Waals surface area contributed by atoms with Gasteiger partial charge in [0.25, 0.3) is 0 Å². The Balaban J connectivity index is 1.55. The molecule has 122 valence electrons. The van der Waals surface area contributed by atoms with Gasteiger partial charge in [-0.25, -0.2) is 4.98 Å². The minimum Gasteiger partial charge on any atom is -0.316 e. The molecule has 1 aromatic carbocycles. The molecule has 2 unspecified atom stereocenters. The van der Waals surface area contributed by atoms with Crippen LogP contribution in [0.4, 0.5) is 5.13 Å². The van der Waals surface area contributed by atoms with Gasteiger partial charge in [-0.05, 0) is 37.8 Å². The second-order valence-electron chi connectivity index (χ2n) is 6.24. The Morgan fingerprint density at radius 2 is 2.26 bits per heavy atom. The highest BCUT2D eigenvalue weighted by Gasteiger charge is 2.22. The summed E-state index contributed by atoms with van der Waals surface area (Å²) in [5, 5.41) is 9.04. The molecule has 2 atom stereocenters. The number of aromatic nitrogens is 1. The van der Waals surface area contributed by atoms with Gasteiger partial charge < -0.3 is 10.6 Å². The average molecular weight is 329 g/mol. The fourth-order valence-electron chi connectivity index (χ4n) is 3.07. The molecule has 4 nitrogen and oxygen atoms in total. The molecule has 23 heavy (non-hydrogen) atoms. The monoisotopic (exact) mass is 329 g/mol. The van der Waals surface area contributed by atoms with Crippen molar-refractivity contribution in [2.24, 2.45) is 11.8 Å². The molecular weight excluding hydrogens is 306 g/mol. The molecule has 1 amide bonds. The van der Waals surface area contributed by atoms with Crippen LogP contribution in [0.15, 0.2) is 35.7 Å². The van der Waals surface area contributed by atoms with E-state index in [4.69, 9.17) is 0 Å². The number of amides is 1. The van der Waals surface area contributed by atoms with Gasteiger partial charge in [0, 0.05) is 17.4 Å². The van der Waals surface area contributed by atoms with Crippen LogP contribution in [0.25, 0.3) is 11.3 Å². The van der Waals surface area contributed by atoms with Crippen molar-refractivity contribution in [3.63, 3.8) is 0 Å². The van der Waals surface area contributed by atoms with E-state index in [0.29, 0.717) is 23.4 Å². The number of rotatable bonds is 5. The third-order valence-corrected chi connectivity index (χ3v) is 5.22. The highest BCUT2D eigenvalue weighted by atomic mass is 32.1. The molecule has 1 aliphatic rings. The molecule has 0 saturated carbocycles. The first kappa shape index (κ1) is 16.1. The lowest BCUT2D eigenvalue weighted by Gasteiger charge is -2.27. The predicted molar refractivity (Wildman–Crippen MR) is 95.6 cm³/mol. The van der Waals surface area contributed by atoms with Gasteiger partial charge in [-0.3, -0.25) is 4.79 Å². The molecule has 1 aliphatic heterocycles. The first-order chi connectivity index (χ1) is 11.2. The molecule has 2 N–H and O–H groups in total. The van der Waals surface area contributed by atoms with Gasteiger partial charge in [0.2, 0.25) is 5.91 Å². The lowest BCUT2D eigenvalue weighted by molar-refractivity contribution is -0.117. The van der Waals surface area contributed by atoms with Crippen LogP contribution in [-0.2, 0) is 4.79 Å². The van der Waals surface area contributed by atoms with Crippen molar-refractivity contribution in [1.29, 1.82) is 0 Å². The Hall–Kier alpha value is -1.72. The average Bonchev–Trinajstić information content (AvgIpc) is 3.04. The summed E-state index contributed by atoms with van der Waals surface area (Å²) in [6, 6.07) is 10.0. The molecule has 0 spiro atoms. The van der Waals surface area contributed by atoms with Crippen molar-refractivity contribution < 1.29 is 4.79 Å². The van der Waals surface area contributed by atoms with E-state index in [0.717, 1.165) is 24.3 Å². The number of nitrogens with zero attached hydrogens (tertiary/aromatic N) is 1. The number of piperidine rings is 1. The molecule has 1 fully saturated rings. The van der Waals surface area contributed by atoms with Crippen LogP contribution in [0.1, 0.15) is 26.2 Å². The third-order valence-electron chi connectivity index (χ3n) is 4.47. The fraction of sp³-hybridized carbons (Fsp3) is 0.444. The largest absolute Gasteiger partial charge is 0.316 e. The first-order valence-corrected chi connectivity index (χ1v) is 9.12. The Labute approximate surface area is 141 Å². The van der Waals surface area contributed by atoms with Gasteiger partial charge in [0.1, 0.15) is 0 Å². The third kappa shape index (κ3) is 4.39. The van der Waals surface area contributed by atoms with Crippen LogP contribution in [0.2, 0.25) is 0 Å². The predicted octanol–water partition coefficient (Wildman–Crippen LogP) is 3.77. The van der Waals surface area contributed by atoms with Crippen LogP contribution >= 0.6 is 11.3 Å². The number of hydrogen-bond acceptors (Lipinski definition) is 4. The Morgan fingerprint density at radius 1 is 1.43 bits per heavy atom. The van der Waals surface area contributed by atoms with Gasteiger partial charge in [-0.1, -0.05) is 37.3 Å². The molecule has 1 aromatic heterocycles. The Kier molecular flexibility index (Phi) is 5.41. The number of anilines is 1. The quantitative estimate of drug-likeness (QED) is 0.878. The van der Waals surface area contributed by atoms with Gasteiger partial charge in [-0.15, -0.1) is 11.3 Å². The smallest absolute Gasteiger partial charge is 0.226 e. The number of carbonyl (C=O) groups excluding carboxylic acids is 1. The summed E-state index contributed by atoms with van der Waals surface area (Å²) in [7, 11) is 0. The number of hydrogen-bond donors (Lipinski definition) is 2. The number of carbonyl (C=O) groups is 1. The van der Waals surface area contributed by atoms with E-state index in [9.17, 15) is 4.79 Å². The number of benzene rings is 1. The van der Waals surface area contributed by atoms with E-state index in [1.165, 1.54) is 24.2 Å². The van der Waals surface area contributed by atoms with E-state index in [1.54, 1.807) is 0 Å². The molecule has 0 aliphatic carbocycles. The zero-order valence-electron chi connectivity index (χ0n) is 13.4. The topological polar surface area (TPSA) is 54.0 Å². The van der Waals surface area contributed by atoms with Crippen molar-refractivity contribution in [1.82, 2.24) is 10.3 Å². The van der Waals surface area contributed by atoms with E-state index in [-0.39, 0.29) is 5.91 Å². The lowest BCUT2D eigenvalue weighted by atomic mass is 9.85. The van der Waals surface area contributed by atoms with Gasteiger partial charge in [0.05, 0.1) is 5.69 Å². The first-order valence-electron chi connectivity index (χ1n) is 8.24. The van der Waals surface area contributed by atoms with Crippen LogP contribution in [-0.4, -0.2) is 24.0 Å². The number of nitrogens with one attached hydrogen (secondary N) is 2. The highest BCUT2D eigenvalue weighted by Crippen LogP contribution is 2.26. The molecule has 2 heterocycles. The second-order valence-corrected chi connectivity index (χ2v) is 7.10. The SMILES string of the molecule is CC(CC(=O)Nc1nc(-c2ccccc2)cs1)C1CCCNC1. The fourth-order valence-corrected chi connectivity index (χ4v) is 3.80. The van der Waals surface area contributed by atoms with E-state index in [2.05, 4.69) is 22.5 Å². The molecular formula is C18H23N3OS. The van der Waals surface area contributed by atoms with Crippen molar-refractivity contribution in [2.75, 3.05) is 18.4 Å². The van der Waals surface area contributed by atoms with Crippen molar-refractivity contribution in [2.45, 2.75) is 26.2 Å². The second kappa shape index (κ2) is 7.70. The molecule has 1 saturated heterocycles. The summed E-state index contributed by atoms with van der Waals surface area (Å²) >= 11 is 1.48. The van der Waals surface area contributed by atoms with Crippen molar-refractivity contribution in [3.05, 3.63) is 35.7 Å². The summed E-state index contributed by atoms with van der Waals surface area (Å²) in [5.41, 5.74) is 1.99. The molecule has 5 heteroatoms. The minimum absolute atomic E-state index is 0.0667. The summed E-state index contributed by atoms with van der Waals surface area (Å²) in [4.78, 5) is 16.8. The minimum atomic E-state index is 0.0667. The molecule has 0 bridgehead atoms. The Morgan fingerprint density at radius 3 is 3.00 bits per heavy atom. The summed E-state index contributed by atoms with van der Waals surface area (Å²) in [6.07, 6.45) is 2.99. The Bertz CT molecular complexity index is 635. The summed E-state index contributed by atoms with van der Waals surface area (Å²) < 4.78 is 0. The molecule has 2 aromatic rings. The normalized spacial score (nSPS) is 19.3. The van der Waals surface area contributed by atoms with E-state index < -0.39 is 0 Å². The van der Waals surface area contributed by atoms with Crippen LogP contribution in [0, 0.1) is 11.8 Å². The summed E-state index contributed by atoms with van der Waals surface area (Å²) in [6.45, 7) is 4.31. The van der Waals surface area contributed by atoms with Crippen molar-refractivity contribution >= 4 is 22.4 Å². The maximum absolute atomic E-state index is 12.2. The number of thiazole rings is 1. The van der Waals surface area contributed by atoms with Crippen LogP contribution in [0.3, 0.4) is 0 Å². The zero-order chi connectivity index (χ0) is 16.1. The van der Waals surface area contributed by atoms with Crippen molar-refractivity contribution in [3.8, 4) is 11.3 Å². The van der Waals surface area contributed by atoms with Gasteiger partial charge >= 0.3 is 0 Å². The summed E-state index contributed by atoms with van der Waals surface area (Å²) in [5.74, 6) is 1.07. The van der Waals surface area contributed by atoms with Gasteiger partial charge in [-0.2, -0.15) is 0 Å². The maximum atomic E-state index is 12.2. The van der Waals surface area contributed by atoms with Crippen LogP contribution < -0.4 is 10.6 Å². The maximum Gasteiger partial charge on any atom is 0.226 e. The van der Waals surface area contributed by atoms with Crippen LogP contribution in [0.5, 0.6) is 0 Å². The standard InChI is InChI=1S/C18H23N3OS/c1-13(15-8-5-9-19-11-15)10-17(22)21-18-20-16(12-23-18)14-6-3-2-4-7-14/h2-4,6-7,12-13,15,19H,5,8-11H2,1H3,(H,20,21,22). The van der Waals surface area contributed by atoms with Gasteiger partial charge in [0.15, 0.2) is 5.13 Å².